The van der Waals surface area contributed by atoms with Gasteiger partial charge in [0.05, 0.1) is 40.0 Å². The van der Waals surface area contributed by atoms with E-state index in [1.165, 1.54) is 11.8 Å². The van der Waals surface area contributed by atoms with Gasteiger partial charge >= 0.3 is 5.97 Å². The molecule has 37 heavy (non-hydrogen) atoms. The van der Waals surface area contributed by atoms with Gasteiger partial charge in [-0.2, -0.15) is 0 Å². The Morgan fingerprint density at radius 2 is 2.11 bits per heavy atom. The summed E-state index contributed by atoms with van der Waals surface area (Å²) in [6.07, 6.45) is 0.0459. The van der Waals surface area contributed by atoms with E-state index in [0.29, 0.717) is 34.2 Å². The molecule has 0 unspecified atom stereocenters. The number of ether oxygens (including phenoxy) is 3. The lowest BCUT2D eigenvalue weighted by atomic mass is 9.86. The zero-order valence-corrected chi connectivity index (χ0v) is 20.4. The lowest BCUT2D eigenvalue weighted by Crippen LogP contribution is -2.44. The summed E-state index contributed by atoms with van der Waals surface area (Å²) < 4.78 is 18.1. The number of amides is 1. The van der Waals surface area contributed by atoms with Gasteiger partial charge in [-0.15, -0.1) is 11.8 Å². The van der Waals surface area contributed by atoms with E-state index < -0.39 is 30.1 Å². The van der Waals surface area contributed by atoms with Crippen molar-refractivity contribution in [3.8, 4) is 22.9 Å². The minimum absolute atomic E-state index is 0.0459. The summed E-state index contributed by atoms with van der Waals surface area (Å²) in [7, 11) is 0. The highest BCUT2D eigenvalue weighted by molar-refractivity contribution is 7.99. The van der Waals surface area contributed by atoms with E-state index in [9.17, 15) is 24.6 Å². The number of aliphatic hydroxyl groups is 2. The molecule has 0 saturated carbocycles. The fourth-order valence-electron chi connectivity index (χ4n) is 5.72. The van der Waals surface area contributed by atoms with Crippen molar-refractivity contribution in [2.75, 3.05) is 19.2 Å². The number of aliphatic hydroxyl groups excluding tert-OH is 1. The largest absolute Gasteiger partial charge is 0.458 e. The Balaban J connectivity index is 1.52. The van der Waals surface area contributed by atoms with Crippen LogP contribution in [-0.2, 0) is 33.1 Å². The molecule has 0 saturated heterocycles. The Labute approximate surface area is 213 Å². The molecule has 0 aliphatic carbocycles. The van der Waals surface area contributed by atoms with Crippen LogP contribution < -0.4 is 20.3 Å². The van der Waals surface area contributed by atoms with Gasteiger partial charge in [0.15, 0.2) is 17.1 Å². The monoisotopic (exact) mass is 523 g/mol. The highest BCUT2D eigenvalue weighted by Gasteiger charge is 2.46. The average Bonchev–Trinajstić information content (AvgIpc) is 3.52. The molecule has 12 heteroatoms. The smallest absolute Gasteiger partial charge is 0.343 e. The molecule has 2 atom stereocenters. The van der Waals surface area contributed by atoms with Gasteiger partial charge in [0, 0.05) is 28.3 Å². The lowest BCUT2D eigenvalue weighted by Gasteiger charge is -2.31. The van der Waals surface area contributed by atoms with E-state index in [1.54, 1.807) is 23.6 Å². The Bertz CT molecular complexity index is 1630. The van der Waals surface area contributed by atoms with Crippen LogP contribution in [0, 0.1) is 0 Å². The first-order valence-electron chi connectivity index (χ1n) is 11.8. The van der Waals surface area contributed by atoms with Gasteiger partial charge in [-0.1, -0.05) is 6.92 Å². The van der Waals surface area contributed by atoms with Gasteiger partial charge in [0.25, 0.3) is 5.56 Å². The first-order chi connectivity index (χ1) is 17.9. The minimum Gasteiger partial charge on any atom is -0.458 e. The molecule has 11 nitrogen and oxygen atoms in total. The van der Waals surface area contributed by atoms with Crippen LogP contribution >= 0.6 is 11.8 Å². The first-order valence-corrected chi connectivity index (χ1v) is 12.8. The molecule has 2 aromatic heterocycles. The molecule has 0 radical (unpaired) electrons. The molecule has 190 valence electrons. The predicted octanol–water partition coefficient (Wildman–Crippen LogP) is 1.06. The molecule has 3 N–H and O–H groups in total. The van der Waals surface area contributed by atoms with Crippen molar-refractivity contribution in [1.82, 2.24) is 14.9 Å². The van der Waals surface area contributed by atoms with E-state index in [1.807, 2.05) is 0 Å². The van der Waals surface area contributed by atoms with E-state index in [0.717, 1.165) is 21.4 Å². The van der Waals surface area contributed by atoms with Gasteiger partial charge in [0.2, 0.25) is 12.7 Å². The quantitative estimate of drug-likeness (QED) is 0.333. The van der Waals surface area contributed by atoms with Gasteiger partial charge in [-0.05, 0) is 18.1 Å². The first kappa shape index (κ1) is 22.6. The third kappa shape index (κ3) is 2.91. The molecular weight excluding hydrogens is 502 g/mol. The summed E-state index contributed by atoms with van der Waals surface area (Å²) in [6, 6.07) is 2.99. The number of fused-ring (bicyclic) bond motifs is 7. The fraction of sp³-hybridized carbons (Fsp3) is 0.360. The van der Waals surface area contributed by atoms with E-state index in [-0.39, 0.29) is 43.1 Å². The second-order valence-corrected chi connectivity index (χ2v) is 10.4. The zero-order chi connectivity index (χ0) is 25.6. The Morgan fingerprint density at radius 1 is 1.27 bits per heavy atom. The van der Waals surface area contributed by atoms with Crippen LogP contribution in [-0.4, -0.2) is 50.8 Å². The number of thioether (sulfide) groups is 1. The van der Waals surface area contributed by atoms with Crippen LogP contribution in [0.15, 0.2) is 21.8 Å². The maximum atomic E-state index is 13.6. The number of carbonyl (C=O) groups excluding carboxylic acids is 2. The summed E-state index contributed by atoms with van der Waals surface area (Å²) in [5.41, 5.74) is 1.34. The number of pyridine rings is 2. The molecule has 7 rings (SSSR count). The molecular formula is C25H21N3O8S. The molecule has 0 bridgehead atoms. The summed E-state index contributed by atoms with van der Waals surface area (Å²) in [5, 5.41) is 24.2. The predicted molar refractivity (Wildman–Crippen MR) is 129 cm³/mol. The number of carbonyl (C=O) groups is 2. The Kier molecular flexibility index (Phi) is 4.70. The molecule has 0 spiro atoms. The SMILES string of the molecule is CC[C@@]1(O)C(=O)OCc2c1cc1n(c2=O)Cc2c-1nc1cc3c(c4c1c2[C@@H](NC(=O)CO)CS4)OCO3. The van der Waals surface area contributed by atoms with Crippen molar-refractivity contribution in [3.63, 3.8) is 0 Å². The number of rotatable bonds is 3. The zero-order valence-electron chi connectivity index (χ0n) is 19.6. The van der Waals surface area contributed by atoms with Crippen molar-refractivity contribution >= 4 is 34.5 Å². The van der Waals surface area contributed by atoms with Gasteiger partial charge in [0.1, 0.15) is 13.2 Å². The number of cyclic esters (lactones) is 1. The van der Waals surface area contributed by atoms with Gasteiger partial charge in [-0.3, -0.25) is 9.59 Å². The summed E-state index contributed by atoms with van der Waals surface area (Å²) >= 11 is 1.51. The van der Waals surface area contributed by atoms with Crippen LogP contribution in [0.3, 0.4) is 0 Å². The fourth-order valence-corrected chi connectivity index (χ4v) is 6.96. The Hall–Kier alpha value is -3.61. The standard InChI is InChI=1S/C25H21N3O8S/c1-2-25(33)12-3-15-20-10(5-28(15)23(31)11(12)7-34-24(25)32)18-14(26-17(30)6-29)8-37-22-19(18)13(27-20)4-16-21(22)36-9-35-16/h3-4,14,29,33H,2,5-9H2,1H3,(H,26,30)/t14-,25-/m0/s1. The molecule has 4 aliphatic heterocycles. The van der Waals surface area contributed by atoms with Crippen molar-refractivity contribution in [2.45, 2.75) is 43.0 Å². The number of esters is 1. The Morgan fingerprint density at radius 3 is 2.89 bits per heavy atom. The van der Waals surface area contributed by atoms with Crippen LogP contribution in [0.25, 0.3) is 22.3 Å². The molecule has 1 amide bonds. The van der Waals surface area contributed by atoms with Crippen LogP contribution in [0.2, 0.25) is 0 Å². The second-order valence-electron chi connectivity index (χ2n) is 9.38. The number of aromatic nitrogens is 2. The molecule has 1 aromatic carbocycles. The number of nitrogens with one attached hydrogen (secondary N) is 1. The van der Waals surface area contributed by atoms with Gasteiger partial charge in [-0.25, -0.2) is 9.78 Å². The van der Waals surface area contributed by atoms with Crippen molar-refractivity contribution < 1.29 is 34.0 Å². The number of hydrogen-bond donors (Lipinski definition) is 3. The average molecular weight is 524 g/mol. The van der Waals surface area contributed by atoms with Crippen molar-refractivity contribution in [1.29, 1.82) is 0 Å². The van der Waals surface area contributed by atoms with Crippen molar-refractivity contribution in [3.05, 3.63) is 44.7 Å². The number of nitrogens with zero attached hydrogens (tertiary/aromatic N) is 2. The summed E-state index contributed by atoms with van der Waals surface area (Å²) in [4.78, 5) is 44.1. The second kappa shape index (κ2) is 7.70. The normalized spacial score (nSPS) is 22.4. The molecule has 4 aliphatic rings. The van der Waals surface area contributed by atoms with Crippen LogP contribution in [0.1, 0.15) is 41.6 Å². The van der Waals surface area contributed by atoms with E-state index in [4.69, 9.17) is 19.2 Å². The maximum absolute atomic E-state index is 13.6. The maximum Gasteiger partial charge on any atom is 0.343 e. The van der Waals surface area contributed by atoms with Crippen LogP contribution in [0.5, 0.6) is 11.5 Å². The van der Waals surface area contributed by atoms with Crippen molar-refractivity contribution in [2.24, 2.45) is 0 Å². The highest BCUT2D eigenvalue weighted by Crippen LogP contribution is 2.53. The summed E-state index contributed by atoms with van der Waals surface area (Å²) in [6.45, 7) is 1.07. The topological polar surface area (TPSA) is 149 Å². The van der Waals surface area contributed by atoms with E-state index in [2.05, 4.69) is 5.32 Å². The third-order valence-electron chi connectivity index (χ3n) is 7.53. The van der Waals surface area contributed by atoms with Crippen LogP contribution in [0.4, 0.5) is 0 Å². The minimum atomic E-state index is -1.93. The molecule has 0 fully saturated rings. The number of hydrogen-bond acceptors (Lipinski definition) is 10. The molecule has 3 aromatic rings. The van der Waals surface area contributed by atoms with Gasteiger partial charge < -0.3 is 34.3 Å². The van der Waals surface area contributed by atoms with E-state index >= 15 is 0 Å². The third-order valence-corrected chi connectivity index (χ3v) is 8.71. The number of benzene rings is 1. The lowest BCUT2D eigenvalue weighted by molar-refractivity contribution is -0.172. The molecule has 6 heterocycles. The summed E-state index contributed by atoms with van der Waals surface area (Å²) in [5.74, 6) is 0.367. The highest BCUT2D eigenvalue weighted by atomic mass is 32.2.